The molecule has 0 saturated heterocycles. The minimum Gasteiger partial charge on any atom is -0.481 e. The fourth-order valence-electron chi connectivity index (χ4n) is 3.49. The molecule has 0 aromatic heterocycles. The molecule has 2 rings (SSSR count). The highest BCUT2D eigenvalue weighted by atomic mass is 16.5. The molecule has 4 nitrogen and oxygen atoms in total. The van der Waals surface area contributed by atoms with E-state index in [-0.39, 0.29) is 12.1 Å². The summed E-state index contributed by atoms with van der Waals surface area (Å²) in [6, 6.07) is 7.88. The molecule has 0 radical (unpaired) electrons. The Bertz CT molecular complexity index is 602. The first kappa shape index (κ1) is 17.5. The van der Waals surface area contributed by atoms with Crippen molar-refractivity contribution in [2.75, 3.05) is 0 Å². The van der Waals surface area contributed by atoms with Crippen LogP contribution in [0, 0.1) is 23.7 Å². The van der Waals surface area contributed by atoms with Gasteiger partial charge in [-0.05, 0) is 44.6 Å². The molecule has 23 heavy (non-hydrogen) atoms. The molecular weight excluding hydrogens is 292 g/mol. The van der Waals surface area contributed by atoms with Gasteiger partial charge in [0.15, 0.2) is 0 Å². The lowest BCUT2D eigenvalue weighted by molar-refractivity contribution is -0.168. The number of aliphatic carboxylic acids is 1. The summed E-state index contributed by atoms with van der Waals surface area (Å²) in [7, 11) is 0. The minimum absolute atomic E-state index is 0.306. The van der Waals surface area contributed by atoms with Crippen LogP contribution in [-0.2, 0) is 14.3 Å². The SMILES string of the molecule is Cc1ccc(C(C)OC(=O)[C@]2(C)CC[C@H](C(=O)O)C2(C)C)cc1. The smallest absolute Gasteiger partial charge is 0.312 e. The quantitative estimate of drug-likeness (QED) is 0.848. The second-order valence-electron chi connectivity index (χ2n) is 7.44. The summed E-state index contributed by atoms with van der Waals surface area (Å²) in [6.07, 6.45) is 0.697. The second kappa shape index (κ2) is 5.99. The molecule has 0 spiro atoms. The van der Waals surface area contributed by atoms with Crippen LogP contribution in [0.3, 0.4) is 0 Å². The second-order valence-corrected chi connectivity index (χ2v) is 7.44. The van der Waals surface area contributed by atoms with Crippen LogP contribution in [0.4, 0.5) is 0 Å². The third-order valence-corrected chi connectivity index (χ3v) is 5.81. The summed E-state index contributed by atoms with van der Waals surface area (Å²) in [5, 5.41) is 9.40. The maximum Gasteiger partial charge on any atom is 0.312 e. The molecule has 1 unspecified atom stereocenters. The summed E-state index contributed by atoms with van der Waals surface area (Å²) in [4.78, 5) is 24.2. The van der Waals surface area contributed by atoms with Gasteiger partial charge in [0.2, 0.25) is 0 Å². The number of carboxylic acid groups (broad SMARTS) is 1. The van der Waals surface area contributed by atoms with Crippen molar-refractivity contribution in [3.05, 3.63) is 35.4 Å². The normalized spacial score (nSPS) is 27.4. The van der Waals surface area contributed by atoms with Gasteiger partial charge in [0, 0.05) is 0 Å². The molecule has 1 N–H and O–H groups in total. The summed E-state index contributed by atoms with van der Waals surface area (Å²) in [5.74, 6) is -1.66. The average Bonchev–Trinajstić information content (AvgIpc) is 2.71. The van der Waals surface area contributed by atoms with Crippen LogP contribution < -0.4 is 0 Å². The third-order valence-electron chi connectivity index (χ3n) is 5.81. The number of esters is 1. The van der Waals surface area contributed by atoms with Gasteiger partial charge < -0.3 is 9.84 Å². The van der Waals surface area contributed by atoms with Crippen LogP contribution >= 0.6 is 0 Å². The van der Waals surface area contributed by atoms with Gasteiger partial charge in [-0.3, -0.25) is 9.59 Å². The molecule has 0 bridgehead atoms. The van der Waals surface area contributed by atoms with Gasteiger partial charge in [-0.25, -0.2) is 0 Å². The van der Waals surface area contributed by atoms with E-state index in [4.69, 9.17) is 4.74 Å². The number of hydrogen-bond donors (Lipinski definition) is 1. The Morgan fingerprint density at radius 3 is 2.26 bits per heavy atom. The fraction of sp³-hybridized carbons (Fsp3) is 0.579. The van der Waals surface area contributed by atoms with Crippen LogP contribution in [0.1, 0.15) is 57.8 Å². The van der Waals surface area contributed by atoms with Crippen molar-refractivity contribution in [3.63, 3.8) is 0 Å². The summed E-state index contributed by atoms with van der Waals surface area (Å²) < 4.78 is 5.70. The monoisotopic (exact) mass is 318 g/mol. The van der Waals surface area contributed by atoms with E-state index in [9.17, 15) is 14.7 Å². The van der Waals surface area contributed by atoms with E-state index >= 15 is 0 Å². The van der Waals surface area contributed by atoms with Crippen molar-refractivity contribution >= 4 is 11.9 Å². The van der Waals surface area contributed by atoms with Crippen LogP contribution in [0.2, 0.25) is 0 Å². The molecule has 1 aliphatic carbocycles. The number of carbonyl (C=O) groups excluding carboxylic acids is 1. The van der Waals surface area contributed by atoms with Gasteiger partial charge in [0.1, 0.15) is 6.10 Å². The van der Waals surface area contributed by atoms with E-state index < -0.39 is 22.7 Å². The van der Waals surface area contributed by atoms with E-state index in [1.165, 1.54) is 0 Å². The number of benzene rings is 1. The highest BCUT2D eigenvalue weighted by Crippen LogP contribution is 2.56. The zero-order valence-corrected chi connectivity index (χ0v) is 14.6. The molecular formula is C19H26O4. The number of hydrogen-bond acceptors (Lipinski definition) is 3. The standard InChI is InChI=1S/C19H26O4/c1-12-6-8-14(9-7-12)13(2)23-17(22)19(5)11-10-15(16(20)21)18(19,3)4/h6-9,13,15H,10-11H2,1-5H3,(H,20,21)/t13?,15-,19+/m1/s1. The molecule has 0 heterocycles. The van der Waals surface area contributed by atoms with Crippen LogP contribution in [-0.4, -0.2) is 17.0 Å². The Hall–Kier alpha value is -1.84. The Labute approximate surface area is 137 Å². The maximum absolute atomic E-state index is 12.8. The van der Waals surface area contributed by atoms with Crippen molar-refractivity contribution in [2.24, 2.45) is 16.7 Å². The first-order valence-corrected chi connectivity index (χ1v) is 8.10. The van der Waals surface area contributed by atoms with E-state index in [0.717, 1.165) is 11.1 Å². The van der Waals surface area contributed by atoms with Crippen LogP contribution in [0.25, 0.3) is 0 Å². The lowest BCUT2D eigenvalue weighted by Gasteiger charge is -2.38. The van der Waals surface area contributed by atoms with Gasteiger partial charge in [-0.1, -0.05) is 43.7 Å². The molecule has 0 amide bonds. The van der Waals surface area contributed by atoms with Gasteiger partial charge >= 0.3 is 11.9 Å². The molecule has 1 aromatic carbocycles. The number of carbonyl (C=O) groups is 2. The Morgan fingerprint density at radius 1 is 1.22 bits per heavy atom. The Balaban J connectivity index is 2.16. The lowest BCUT2D eigenvalue weighted by atomic mass is 9.65. The minimum atomic E-state index is -0.835. The van der Waals surface area contributed by atoms with Gasteiger partial charge in [0.05, 0.1) is 11.3 Å². The predicted molar refractivity (Wildman–Crippen MR) is 87.9 cm³/mol. The van der Waals surface area contributed by atoms with Crippen molar-refractivity contribution in [2.45, 2.75) is 53.6 Å². The summed E-state index contributed by atoms with van der Waals surface area (Å²) in [6.45, 7) is 9.41. The van der Waals surface area contributed by atoms with Crippen molar-refractivity contribution in [1.29, 1.82) is 0 Å². The third kappa shape index (κ3) is 2.99. The molecule has 1 saturated carbocycles. The summed E-state index contributed by atoms with van der Waals surface area (Å²) >= 11 is 0. The molecule has 0 aliphatic heterocycles. The highest BCUT2D eigenvalue weighted by molar-refractivity contribution is 5.81. The van der Waals surface area contributed by atoms with Crippen LogP contribution in [0.5, 0.6) is 0 Å². The van der Waals surface area contributed by atoms with Crippen molar-refractivity contribution < 1.29 is 19.4 Å². The molecule has 1 aliphatic rings. The lowest BCUT2D eigenvalue weighted by Crippen LogP contribution is -2.43. The molecule has 126 valence electrons. The fourth-order valence-corrected chi connectivity index (χ4v) is 3.49. The first-order valence-electron chi connectivity index (χ1n) is 8.10. The van der Waals surface area contributed by atoms with Crippen LogP contribution in [0.15, 0.2) is 24.3 Å². The van der Waals surface area contributed by atoms with E-state index in [1.807, 2.05) is 58.9 Å². The highest BCUT2D eigenvalue weighted by Gasteiger charge is 2.59. The Kier molecular flexibility index (Phi) is 4.56. The van der Waals surface area contributed by atoms with Crippen molar-refractivity contribution in [1.82, 2.24) is 0 Å². The topological polar surface area (TPSA) is 63.6 Å². The zero-order valence-electron chi connectivity index (χ0n) is 14.6. The van der Waals surface area contributed by atoms with Crippen molar-refractivity contribution in [3.8, 4) is 0 Å². The molecule has 1 aromatic rings. The molecule has 4 heteroatoms. The first-order chi connectivity index (χ1) is 10.6. The van der Waals surface area contributed by atoms with Gasteiger partial charge in [-0.2, -0.15) is 0 Å². The number of carboxylic acids is 1. The van der Waals surface area contributed by atoms with Gasteiger partial charge in [0.25, 0.3) is 0 Å². The van der Waals surface area contributed by atoms with Gasteiger partial charge in [-0.15, -0.1) is 0 Å². The molecule has 1 fully saturated rings. The Morgan fingerprint density at radius 2 is 1.78 bits per heavy atom. The average molecular weight is 318 g/mol. The van der Waals surface area contributed by atoms with E-state index in [2.05, 4.69) is 0 Å². The summed E-state index contributed by atoms with van der Waals surface area (Å²) in [5.41, 5.74) is 0.677. The van der Waals surface area contributed by atoms with E-state index in [1.54, 1.807) is 0 Å². The molecule has 3 atom stereocenters. The largest absolute Gasteiger partial charge is 0.481 e. The number of rotatable bonds is 4. The number of aryl methyl sites for hydroxylation is 1. The zero-order chi connectivity index (χ0) is 17.4. The maximum atomic E-state index is 12.8. The predicted octanol–water partition coefficient (Wildman–Crippen LogP) is 4.13. The van der Waals surface area contributed by atoms with E-state index in [0.29, 0.717) is 12.8 Å². The number of ether oxygens (including phenoxy) is 1.